The number of sulfonamides is 1. The zero-order valence-electron chi connectivity index (χ0n) is 12.1. The van der Waals surface area contributed by atoms with Gasteiger partial charge in [-0.2, -0.15) is 0 Å². The van der Waals surface area contributed by atoms with E-state index in [1.54, 1.807) is 0 Å². The molecular formula is C14H21FN2O3S. The summed E-state index contributed by atoms with van der Waals surface area (Å²) < 4.78 is 45.2. The Labute approximate surface area is 124 Å². The van der Waals surface area contributed by atoms with Gasteiger partial charge in [-0.1, -0.05) is 6.07 Å². The van der Waals surface area contributed by atoms with Crippen molar-refractivity contribution in [2.45, 2.75) is 24.3 Å². The van der Waals surface area contributed by atoms with Gasteiger partial charge < -0.3 is 10.5 Å². The van der Waals surface area contributed by atoms with Gasteiger partial charge in [0.15, 0.2) is 0 Å². The van der Waals surface area contributed by atoms with Crippen molar-refractivity contribution < 1.29 is 17.5 Å². The van der Waals surface area contributed by atoms with Crippen LogP contribution < -0.4 is 5.73 Å². The normalized spacial score (nSPS) is 19.9. The number of benzene rings is 1. The Morgan fingerprint density at radius 1 is 1.48 bits per heavy atom. The molecule has 1 saturated heterocycles. The predicted octanol–water partition coefficient (Wildman–Crippen LogP) is 1.33. The van der Waals surface area contributed by atoms with E-state index < -0.39 is 15.8 Å². The van der Waals surface area contributed by atoms with Gasteiger partial charge in [0.25, 0.3) is 0 Å². The lowest BCUT2D eigenvalue weighted by Gasteiger charge is -2.27. The van der Waals surface area contributed by atoms with Crippen molar-refractivity contribution in [2.75, 3.05) is 26.8 Å². The second-order valence-corrected chi connectivity index (χ2v) is 7.34. The third-order valence-corrected chi connectivity index (χ3v) is 5.61. The quantitative estimate of drug-likeness (QED) is 0.889. The fraction of sp³-hybridized carbons (Fsp3) is 0.571. The van der Waals surface area contributed by atoms with Crippen molar-refractivity contribution in [3.63, 3.8) is 0 Å². The summed E-state index contributed by atoms with van der Waals surface area (Å²) in [7, 11) is -2.24. The Kier molecular flexibility index (Phi) is 5.32. The van der Waals surface area contributed by atoms with Crippen molar-refractivity contribution >= 4 is 10.0 Å². The minimum absolute atomic E-state index is 0.0508. The zero-order chi connectivity index (χ0) is 15.5. The van der Waals surface area contributed by atoms with Crippen LogP contribution >= 0.6 is 0 Å². The van der Waals surface area contributed by atoms with Crippen molar-refractivity contribution in [1.82, 2.24) is 4.31 Å². The lowest BCUT2D eigenvalue weighted by molar-refractivity contribution is 0.0495. The fourth-order valence-electron chi connectivity index (χ4n) is 2.52. The van der Waals surface area contributed by atoms with E-state index >= 15 is 0 Å². The molecule has 5 nitrogen and oxygen atoms in total. The highest BCUT2D eigenvalue weighted by molar-refractivity contribution is 7.89. The summed E-state index contributed by atoms with van der Waals surface area (Å²) in [6, 6.07) is 3.67. The van der Waals surface area contributed by atoms with Gasteiger partial charge in [0.1, 0.15) is 5.82 Å². The lowest BCUT2D eigenvalue weighted by atomic mass is 10.0. The molecule has 1 atom stereocenters. The van der Waals surface area contributed by atoms with E-state index in [-0.39, 0.29) is 17.4 Å². The van der Waals surface area contributed by atoms with Gasteiger partial charge in [-0.25, -0.2) is 17.1 Å². The number of ether oxygens (including phenoxy) is 1. The van der Waals surface area contributed by atoms with Crippen LogP contribution in [0.25, 0.3) is 0 Å². The fourth-order valence-corrected chi connectivity index (χ4v) is 4.01. The van der Waals surface area contributed by atoms with Gasteiger partial charge in [0, 0.05) is 26.7 Å². The summed E-state index contributed by atoms with van der Waals surface area (Å²) in [6.45, 7) is 1.71. The Morgan fingerprint density at radius 2 is 2.24 bits per heavy atom. The van der Waals surface area contributed by atoms with Crippen LogP contribution in [-0.2, 0) is 21.3 Å². The Bertz CT molecular complexity index is 586. The number of rotatable bonds is 5. The van der Waals surface area contributed by atoms with Gasteiger partial charge in [-0.05, 0) is 36.5 Å². The second kappa shape index (κ2) is 6.83. The zero-order valence-corrected chi connectivity index (χ0v) is 12.9. The smallest absolute Gasteiger partial charge is 0.243 e. The summed E-state index contributed by atoms with van der Waals surface area (Å²) in [5.41, 5.74) is 5.98. The van der Waals surface area contributed by atoms with E-state index in [4.69, 9.17) is 10.5 Å². The topological polar surface area (TPSA) is 72.6 Å². The molecule has 1 aromatic carbocycles. The van der Waals surface area contributed by atoms with E-state index in [1.165, 1.54) is 23.5 Å². The van der Waals surface area contributed by atoms with Crippen LogP contribution in [0.3, 0.4) is 0 Å². The largest absolute Gasteiger partial charge is 0.381 e. The summed E-state index contributed by atoms with van der Waals surface area (Å²) >= 11 is 0. The van der Waals surface area contributed by atoms with Crippen molar-refractivity contribution in [2.24, 2.45) is 11.7 Å². The summed E-state index contributed by atoms with van der Waals surface area (Å²) in [4.78, 5) is -0.0516. The molecule has 118 valence electrons. The monoisotopic (exact) mass is 316 g/mol. The molecular weight excluding hydrogens is 295 g/mol. The highest BCUT2D eigenvalue weighted by Gasteiger charge is 2.27. The molecule has 1 heterocycles. The van der Waals surface area contributed by atoms with E-state index in [1.807, 2.05) is 0 Å². The maximum atomic E-state index is 13.4. The van der Waals surface area contributed by atoms with E-state index in [0.29, 0.717) is 18.7 Å². The third kappa shape index (κ3) is 3.79. The number of nitrogens with two attached hydrogens (primary N) is 1. The van der Waals surface area contributed by atoms with Crippen molar-refractivity contribution in [1.29, 1.82) is 0 Å². The number of hydrogen-bond donors (Lipinski definition) is 1. The van der Waals surface area contributed by atoms with E-state index in [0.717, 1.165) is 25.5 Å². The average Bonchev–Trinajstić information content (AvgIpc) is 2.48. The molecule has 1 aliphatic heterocycles. The summed E-state index contributed by atoms with van der Waals surface area (Å²) in [5, 5.41) is 0. The van der Waals surface area contributed by atoms with Crippen LogP contribution in [0.2, 0.25) is 0 Å². The van der Waals surface area contributed by atoms with Gasteiger partial charge >= 0.3 is 0 Å². The van der Waals surface area contributed by atoms with E-state index in [2.05, 4.69) is 0 Å². The molecule has 0 spiro atoms. The first-order chi connectivity index (χ1) is 9.95. The maximum absolute atomic E-state index is 13.4. The molecule has 0 amide bonds. The number of nitrogens with zero attached hydrogens (tertiary/aromatic N) is 1. The molecule has 7 heteroatoms. The molecule has 0 saturated carbocycles. The molecule has 0 bridgehead atoms. The molecule has 0 aliphatic carbocycles. The Morgan fingerprint density at radius 3 is 2.86 bits per heavy atom. The minimum Gasteiger partial charge on any atom is -0.381 e. The van der Waals surface area contributed by atoms with Crippen molar-refractivity contribution in [3.05, 3.63) is 29.6 Å². The molecule has 2 N–H and O–H groups in total. The first kappa shape index (κ1) is 16.4. The SMILES string of the molecule is CN(CC1CCCOC1)S(=O)(=O)c1cc(F)ccc1CN. The predicted molar refractivity (Wildman–Crippen MR) is 77.7 cm³/mol. The molecule has 0 aromatic heterocycles. The van der Waals surface area contributed by atoms with E-state index in [9.17, 15) is 12.8 Å². The highest BCUT2D eigenvalue weighted by atomic mass is 32.2. The van der Waals surface area contributed by atoms with Crippen LogP contribution in [0.15, 0.2) is 23.1 Å². The van der Waals surface area contributed by atoms with Gasteiger partial charge in [-0.3, -0.25) is 0 Å². The van der Waals surface area contributed by atoms with Crippen LogP contribution in [0.1, 0.15) is 18.4 Å². The molecule has 1 fully saturated rings. The standard InChI is InChI=1S/C14H21FN2O3S/c1-17(9-11-3-2-6-20-10-11)21(18,19)14-7-13(15)5-4-12(14)8-16/h4-5,7,11H,2-3,6,8-10,16H2,1H3. The molecule has 1 aromatic rings. The average molecular weight is 316 g/mol. The van der Waals surface area contributed by atoms with Gasteiger partial charge in [0.2, 0.25) is 10.0 Å². The molecule has 21 heavy (non-hydrogen) atoms. The van der Waals surface area contributed by atoms with Gasteiger partial charge in [-0.15, -0.1) is 0 Å². The third-order valence-electron chi connectivity index (χ3n) is 3.71. The molecule has 1 unspecified atom stereocenters. The Balaban J connectivity index is 2.22. The van der Waals surface area contributed by atoms with Crippen LogP contribution in [0.5, 0.6) is 0 Å². The number of halogens is 1. The van der Waals surface area contributed by atoms with Crippen molar-refractivity contribution in [3.8, 4) is 0 Å². The van der Waals surface area contributed by atoms with Crippen LogP contribution in [0.4, 0.5) is 4.39 Å². The molecule has 2 rings (SSSR count). The molecule has 1 aliphatic rings. The highest BCUT2D eigenvalue weighted by Crippen LogP contribution is 2.23. The Hall–Kier alpha value is -1.02. The maximum Gasteiger partial charge on any atom is 0.243 e. The van der Waals surface area contributed by atoms with Crippen LogP contribution in [-0.4, -0.2) is 39.5 Å². The number of hydrogen-bond acceptors (Lipinski definition) is 4. The summed E-state index contributed by atoms with van der Waals surface area (Å²) in [6.07, 6.45) is 1.87. The lowest BCUT2D eigenvalue weighted by Crippen LogP contribution is -2.35. The summed E-state index contributed by atoms with van der Waals surface area (Å²) in [5.74, 6) is -0.409. The van der Waals surface area contributed by atoms with Gasteiger partial charge in [0.05, 0.1) is 11.5 Å². The molecule has 0 radical (unpaired) electrons. The second-order valence-electron chi connectivity index (χ2n) is 5.32. The minimum atomic E-state index is -3.75. The first-order valence-corrected chi connectivity index (χ1v) is 8.41. The first-order valence-electron chi connectivity index (χ1n) is 6.97. The van der Waals surface area contributed by atoms with Crippen LogP contribution in [0, 0.1) is 11.7 Å².